The first kappa shape index (κ1) is 17.2. The number of aromatic carboxylic acids is 1. The zero-order valence-electron chi connectivity index (χ0n) is 14.3. The lowest BCUT2D eigenvalue weighted by atomic mass is 10.1. The largest absolute Gasteiger partial charge is 0.490 e. The molecule has 7 heteroatoms. The monoisotopic (exact) mass is 386 g/mol. The zero-order chi connectivity index (χ0) is 18.1. The molecule has 0 bridgehead atoms. The van der Waals surface area contributed by atoms with Crippen molar-refractivity contribution in [3.8, 4) is 26.8 Å². The number of thiazole rings is 2. The summed E-state index contributed by atoms with van der Waals surface area (Å²) in [6.45, 7) is 1.73. The lowest BCUT2D eigenvalue weighted by Crippen LogP contribution is -2.11. The Morgan fingerprint density at radius 2 is 2.12 bits per heavy atom. The van der Waals surface area contributed by atoms with E-state index < -0.39 is 5.97 Å². The van der Waals surface area contributed by atoms with E-state index in [2.05, 4.69) is 9.97 Å². The summed E-state index contributed by atoms with van der Waals surface area (Å²) in [4.78, 5) is 21.3. The number of aromatic nitrogens is 2. The Balaban J connectivity index is 1.74. The predicted molar refractivity (Wildman–Crippen MR) is 103 cm³/mol. The molecule has 1 saturated carbocycles. The molecule has 0 spiro atoms. The molecule has 4 rings (SSSR count). The van der Waals surface area contributed by atoms with Crippen molar-refractivity contribution < 1.29 is 14.6 Å². The molecule has 1 fully saturated rings. The molecule has 0 atom stereocenters. The van der Waals surface area contributed by atoms with Crippen molar-refractivity contribution >= 4 is 28.6 Å². The molecule has 5 nitrogen and oxygen atoms in total. The van der Waals surface area contributed by atoms with Gasteiger partial charge in [-0.25, -0.2) is 9.78 Å². The van der Waals surface area contributed by atoms with Crippen LogP contribution in [-0.2, 0) is 0 Å². The van der Waals surface area contributed by atoms with Gasteiger partial charge in [0.05, 0.1) is 22.2 Å². The highest BCUT2D eigenvalue weighted by atomic mass is 32.1. The molecule has 1 aliphatic carbocycles. The number of hydrogen-bond acceptors (Lipinski definition) is 6. The number of hydrogen-bond donors (Lipinski definition) is 1. The second-order valence-electron chi connectivity index (χ2n) is 6.34. The van der Waals surface area contributed by atoms with E-state index in [1.165, 1.54) is 24.2 Å². The fourth-order valence-corrected chi connectivity index (χ4v) is 4.76. The van der Waals surface area contributed by atoms with Gasteiger partial charge in [0.25, 0.3) is 0 Å². The number of carboxylic acids is 1. The third-order valence-corrected chi connectivity index (χ3v) is 6.51. The lowest BCUT2D eigenvalue weighted by molar-refractivity contribution is 0.0701. The Bertz CT molecular complexity index is 928. The summed E-state index contributed by atoms with van der Waals surface area (Å²) in [6.07, 6.45) is 6.73. The zero-order valence-corrected chi connectivity index (χ0v) is 15.9. The summed E-state index contributed by atoms with van der Waals surface area (Å²) < 4.78 is 6.26. The molecule has 134 valence electrons. The van der Waals surface area contributed by atoms with Gasteiger partial charge in [0.15, 0.2) is 0 Å². The van der Waals surface area contributed by atoms with E-state index in [-0.39, 0.29) is 11.0 Å². The van der Waals surface area contributed by atoms with Crippen molar-refractivity contribution in [1.82, 2.24) is 9.97 Å². The highest BCUT2D eigenvalue weighted by Crippen LogP contribution is 2.39. The summed E-state index contributed by atoms with van der Waals surface area (Å²) in [6, 6.07) is 5.96. The van der Waals surface area contributed by atoms with Crippen LogP contribution in [-0.4, -0.2) is 27.1 Å². The van der Waals surface area contributed by atoms with Crippen LogP contribution in [0.2, 0.25) is 0 Å². The number of benzene rings is 1. The molecule has 2 aromatic heterocycles. The van der Waals surface area contributed by atoms with Crippen molar-refractivity contribution in [1.29, 1.82) is 0 Å². The predicted octanol–water partition coefficient (Wildman–Crippen LogP) is 5.26. The molecule has 0 unspecified atom stereocenters. The number of carboxylic acid groups (broad SMARTS) is 1. The van der Waals surface area contributed by atoms with Crippen molar-refractivity contribution in [2.24, 2.45) is 0 Å². The summed E-state index contributed by atoms with van der Waals surface area (Å²) in [5, 5.41) is 9.98. The second kappa shape index (κ2) is 7.17. The number of rotatable bonds is 5. The first-order valence-electron chi connectivity index (χ1n) is 8.52. The summed E-state index contributed by atoms with van der Waals surface area (Å²) in [5.41, 5.74) is 4.23. The van der Waals surface area contributed by atoms with Crippen LogP contribution in [0.15, 0.2) is 29.9 Å². The highest BCUT2D eigenvalue weighted by Gasteiger charge is 2.21. The van der Waals surface area contributed by atoms with Gasteiger partial charge in [0.1, 0.15) is 15.6 Å². The molecular weight excluding hydrogens is 368 g/mol. The van der Waals surface area contributed by atoms with Gasteiger partial charge in [0, 0.05) is 17.3 Å². The minimum absolute atomic E-state index is 0.272. The molecular formula is C19H18N2O3S2. The molecule has 1 aromatic carbocycles. The van der Waals surface area contributed by atoms with Crippen LogP contribution in [0, 0.1) is 6.92 Å². The average molecular weight is 386 g/mol. The molecule has 26 heavy (non-hydrogen) atoms. The molecule has 0 amide bonds. The van der Waals surface area contributed by atoms with Crippen molar-refractivity contribution in [3.05, 3.63) is 40.5 Å². The first-order valence-corrected chi connectivity index (χ1v) is 10.2. The molecule has 1 N–H and O–H groups in total. The molecule has 2 heterocycles. The standard InChI is InChI=1S/C19H18N2O3S2/c1-11-17(19(22)23)26-18(21-11)12-6-7-15(24-13-4-2-3-5-13)14(8-12)16-9-20-10-25-16/h6-10,13H,2-5H2,1H3,(H,22,23). The number of ether oxygens (including phenoxy) is 1. The van der Waals surface area contributed by atoms with Crippen molar-refractivity contribution in [2.45, 2.75) is 38.7 Å². The second-order valence-corrected chi connectivity index (χ2v) is 8.23. The Kier molecular flexibility index (Phi) is 4.74. The smallest absolute Gasteiger partial charge is 0.347 e. The number of aryl methyl sites for hydroxylation is 1. The van der Waals surface area contributed by atoms with E-state index in [1.54, 1.807) is 23.8 Å². The van der Waals surface area contributed by atoms with Gasteiger partial charge in [-0.2, -0.15) is 0 Å². The summed E-state index contributed by atoms with van der Waals surface area (Å²) >= 11 is 2.76. The van der Waals surface area contributed by atoms with E-state index >= 15 is 0 Å². The van der Waals surface area contributed by atoms with Gasteiger partial charge >= 0.3 is 5.97 Å². The average Bonchev–Trinajstić information content (AvgIpc) is 3.36. The normalized spacial score (nSPS) is 14.7. The van der Waals surface area contributed by atoms with Gasteiger partial charge in [-0.05, 0) is 50.8 Å². The fourth-order valence-electron chi connectivity index (χ4n) is 3.21. The van der Waals surface area contributed by atoms with Gasteiger partial charge in [-0.15, -0.1) is 22.7 Å². The van der Waals surface area contributed by atoms with Crippen LogP contribution < -0.4 is 4.74 Å². The van der Waals surface area contributed by atoms with Gasteiger partial charge in [-0.3, -0.25) is 4.98 Å². The van der Waals surface area contributed by atoms with E-state index in [1.807, 2.05) is 24.4 Å². The summed E-state index contributed by atoms with van der Waals surface area (Å²) in [7, 11) is 0. The van der Waals surface area contributed by atoms with Crippen molar-refractivity contribution in [3.63, 3.8) is 0 Å². The minimum Gasteiger partial charge on any atom is -0.490 e. The third kappa shape index (κ3) is 3.37. The first-order chi connectivity index (χ1) is 12.6. The van der Waals surface area contributed by atoms with E-state index in [4.69, 9.17) is 4.74 Å². The van der Waals surface area contributed by atoms with Crippen LogP contribution in [0.5, 0.6) is 5.75 Å². The van der Waals surface area contributed by atoms with E-state index in [0.717, 1.165) is 34.6 Å². The summed E-state index contributed by atoms with van der Waals surface area (Å²) in [5.74, 6) is -0.0771. The topological polar surface area (TPSA) is 72.3 Å². The maximum Gasteiger partial charge on any atom is 0.347 e. The van der Waals surface area contributed by atoms with Crippen LogP contribution in [0.3, 0.4) is 0 Å². The maximum atomic E-state index is 11.3. The maximum absolute atomic E-state index is 11.3. The Labute approximate surface area is 159 Å². The van der Waals surface area contributed by atoms with E-state index in [0.29, 0.717) is 10.7 Å². The van der Waals surface area contributed by atoms with Gasteiger partial charge in [-0.1, -0.05) is 0 Å². The Morgan fingerprint density at radius 1 is 1.31 bits per heavy atom. The molecule has 0 radical (unpaired) electrons. The van der Waals surface area contributed by atoms with Crippen LogP contribution in [0.1, 0.15) is 41.0 Å². The Hall–Kier alpha value is -2.25. The number of nitrogens with zero attached hydrogens (tertiary/aromatic N) is 2. The minimum atomic E-state index is -0.935. The van der Waals surface area contributed by atoms with Crippen LogP contribution in [0.4, 0.5) is 0 Å². The lowest BCUT2D eigenvalue weighted by Gasteiger charge is -2.16. The van der Waals surface area contributed by atoms with Crippen LogP contribution in [0.25, 0.3) is 21.0 Å². The quantitative estimate of drug-likeness (QED) is 0.647. The van der Waals surface area contributed by atoms with Crippen LogP contribution >= 0.6 is 22.7 Å². The number of carbonyl (C=O) groups is 1. The molecule has 0 aliphatic heterocycles. The third-order valence-electron chi connectivity index (χ3n) is 4.51. The SMILES string of the molecule is Cc1nc(-c2ccc(OC3CCCC3)c(-c3cncs3)c2)sc1C(=O)O. The van der Waals surface area contributed by atoms with E-state index in [9.17, 15) is 9.90 Å². The highest BCUT2D eigenvalue weighted by molar-refractivity contribution is 7.17. The molecule has 1 aliphatic rings. The van der Waals surface area contributed by atoms with Gasteiger partial charge in [0.2, 0.25) is 0 Å². The molecule has 0 saturated heterocycles. The fraction of sp³-hybridized carbons (Fsp3) is 0.316. The van der Waals surface area contributed by atoms with Gasteiger partial charge < -0.3 is 9.84 Å². The van der Waals surface area contributed by atoms with Crippen molar-refractivity contribution in [2.75, 3.05) is 0 Å². The Morgan fingerprint density at radius 3 is 2.77 bits per heavy atom. The molecule has 3 aromatic rings.